The first-order chi connectivity index (χ1) is 9.29. The maximum atomic E-state index is 12.3. The normalized spacial score (nSPS) is 14.9. The lowest BCUT2D eigenvalue weighted by Gasteiger charge is -2.20. The molecule has 4 heteroatoms. The van der Waals surface area contributed by atoms with Crippen LogP contribution in [0.3, 0.4) is 0 Å². The van der Waals surface area contributed by atoms with Crippen LogP contribution in [-0.4, -0.2) is 18.2 Å². The lowest BCUT2D eigenvalue weighted by Crippen LogP contribution is -2.31. The van der Waals surface area contributed by atoms with Crippen LogP contribution in [0.15, 0.2) is 52.1 Å². The summed E-state index contributed by atoms with van der Waals surface area (Å²) in [5, 5.41) is 0. The summed E-state index contributed by atoms with van der Waals surface area (Å²) >= 11 is 0. The molecule has 1 aromatic carbocycles. The first kappa shape index (κ1) is 11.7. The number of hydrogen-bond donors (Lipinski definition) is 0. The number of hydrogen-bond acceptors (Lipinski definition) is 3. The van der Waals surface area contributed by atoms with E-state index in [1.54, 1.807) is 17.2 Å². The molecular weight excluding hydrogens is 240 g/mol. The van der Waals surface area contributed by atoms with E-state index in [0.717, 1.165) is 11.4 Å². The molecule has 96 valence electrons. The molecular formula is C15H14N2O2. The highest BCUT2D eigenvalue weighted by molar-refractivity contribution is 6.16. The van der Waals surface area contributed by atoms with Gasteiger partial charge in [0.2, 0.25) is 5.91 Å². The number of amides is 1. The van der Waals surface area contributed by atoms with E-state index >= 15 is 0 Å². The number of carbonyl (C=O) groups excluding carboxylic acids is 1. The smallest absolute Gasteiger partial charge is 0.233 e. The minimum absolute atomic E-state index is 0.0441. The fourth-order valence-electron chi connectivity index (χ4n) is 2.28. The Morgan fingerprint density at radius 1 is 1.26 bits per heavy atom. The van der Waals surface area contributed by atoms with Crippen LogP contribution >= 0.6 is 0 Å². The van der Waals surface area contributed by atoms with Crippen LogP contribution in [0.2, 0.25) is 0 Å². The van der Waals surface area contributed by atoms with Gasteiger partial charge in [-0.2, -0.15) is 0 Å². The Kier molecular flexibility index (Phi) is 2.91. The molecule has 2 aromatic rings. The van der Waals surface area contributed by atoms with Gasteiger partial charge in [-0.05, 0) is 31.2 Å². The molecule has 1 amide bonds. The summed E-state index contributed by atoms with van der Waals surface area (Å²) in [6.45, 7) is 2.60. The Morgan fingerprint density at radius 3 is 2.84 bits per heavy atom. The highest BCUT2D eigenvalue weighted by Gasteiger charge is 2.24. The van der Waals surface area contributed by atoms with Crippen LogP contribution in [0.5, 0.6) is 0 Å². The van der Waals surface area contributed by atoms with Gasteiger partial charge in [0.25, 0.3) is 0 Å². The van der Waals surface area contributed by atoms with Gasteiger partial charge in [-0.1, -0.05) is 12.1 Å². The van der Waals surface area contributed by atoms with Crippen molar-refractivity contribution in [1.29, 1.82) is 0 Å². The van der Waals surface area contributed by atoms with Crippen LogP contribution < -0.4 is 4.90 Å². The first-order valence-electron chi connectivity index (χ1n) is 6.30. The minimum atomic E-state index is 0.0441. The molecule has 0 atom stereocenters. The molecule has 0 N–H and O–H groups in total. The van der Waals surface area contributed by atoms with Crippen molar-refractivity contribution in [1.82, 2.24) is 0 Å². The molecule has 0 saturated heterocycles. The number of para-hydroxylation sites is 2. The molecule has 0 unspecified atom stereocenters. The third-order valence-electron chi connectivity index (χ3n) is 3.17. The van der Waals surface area contributed by atoms with Crippen molar-refractivity contribution in [2.24, 2.45) is 4.99 Å². The van der Waals surface area contributed by atoms with E-state index in [9.17, 15) is 4.79 Å². The average Bonchev–Trinajstić information content (AvgIpc) is 2.90. The summed E-state index contributed by atoms with van der Waals surface area (Å²) < 4.78 is 5.36. The molecule has 19 heavy (non-hydrogen) atoms. The molecule has 1 aromatic heterocycles. The number of carbonyl (C=O) groups is 1. The van der Waals surface area contributed by atoms with E-state index in [0.29, 0.717) is 18.0 Å². The Hall–Kier alpha value is -2.36. The second kappa shape index (κ2) is 4.72. The summed E-state index contributed by atoms with van der Waals surface area (Å²) in [5.41, 5.74) is 2.34. The van der Waals surface area contributed by atoms with E-state index in [1.165, 1.54) is 0 Å². The summed E-state index contributed by atoms with van der Waals surface area (Å²) in [7, 11) is 0. The van der Waals surface area contributed by atoms with Crippen molar-refractivity contribution in [3.8, 4) is 0 Å². The van der Waals surface area contributed by atoms with Crippen LogP contribution in [0, 0.1) is 0 Å². The number of furan rings is 1. The van der Waals surface area contributed by atoms with Crippen LogP contribution in [-0.2, 0) is 4.79 Å². The van der Waals surface area contributed by atoms with Gasteiger partial charge in [-0.3, -0.25) is 4.79 Å². The Labute approximate surface area is 111 Å². The van der Waals surface area contributed by atoms with Crippen LogP contribution in [0.25, 0.3) is 0 Å². The van der Waals surface area contributed by atoms with Crippen LogP contribution in [0.4, 0.5) is 11.4 Å². The Bertz CT molecular complexity index is 629. The van der Waals surface area contributed by atoms with Crippen molar-refractivity contribution < 1.29 is 9.21 Å². The van der Waals surface area contributed by atoms with Gasteiger partial charge in [0.05, 0.1) is 29.8 Å². The SMILES string of the molecule is CCN1C(=O)CC(c2ccco2)=Nc2ccccc21. The van der Waals surface area contributed by atoms with E-state index in [-0.39, 0.29) is 12.3 Å². The zero-order valence-electron chi connectivity index (χ0n) is 10.7. The predicted molar refractivity (Wildman–Crippen MR) is 74.0 cm³/mol. The topological polar surface area (TPSA) is 45.8 Å². The van der Waals surface area contributed by atoms with Gasteiger partial charge in [-0.15, -0.1) is 0 Å². The number of fused-ring (bicyclic) bond motifs is 1. The van der Waals surface area contributed by atoms with Crippen molar-refractivity contribution in [2.45, 2.75) is 13.3 Å². The van der Waals surface area contributed by atoms with E-state index in [2.05, 4.69) is 4.99 Å². The Balaban J connectivity index is 2.13. The standard InChI is InChI=1S/C15H14N2O2/c1-2-17-13-7-4-3-6-11(13)16-12(10-15(17)18)14-8-5-9-19-14/h3-9H,2,10H2,1H3. The minimum Gasteiger partial charge on any atom is -0.463 e. The number of rotatable bonds is 2. The average molecular weight is 254 g/mol. The third kappa shape index (κ3) is 2.05. The molecule has 0 fully saturated rings. The van der Waals surface area contributed by atoms with Crippen molar-refractivity contribution >= 4 is 23.0 Å². The molecule has 0 bridgehead atoms. The molecule has 0 radical (unpaired) electrons. The molecule has 1 aliphatic heterocycles. The van der Waals surface area contributed by atoms with Crippen molar-refractivity contribution in [3.05, 3.63) is 48.4 Å². The summed E-state index contributed by atoms with van der Waals surface area (Å²) in [6, 6.07) is 11.3. The summed E-state index contributed by atoms with van der Waals surface area (Å²) in [4.78, 5) is 18.7. The van der Waals surface area contributed by atoms with Crippen molar-refractivity contribution in [3.63, 3.8) is 0 Å². The number of benzene rings is 1. The quantitative estimate of drug-likeness (QED) is 0.826. The molecule has 2 heterocycles. The van der Waals surface area contributed by atoms with E-state index in [4.69, 9.17) is 4.42 Å². The number of nitrogens with zero attached hydrogens (tertiary/aromatic N) is 2. The Morgan fingerprint density at radius 2 is 2.11 bits per heavy atom. The second-order valence-corrected chi connectivity index (χ2v) is 4.34. The molecule has 0 spiro atoms. The zero-order chi connectivity index (χ0) is 13.2. The maximum absolute atomic E-state index is 12.3. The van der Waals surface area contributed by atoms with E-state index < -0.39 is 0 Å². The number of aliphatic imine (C=N–C) groups is 1. The van der Waals surface area contributed by atoms with Gasteiger partial charge >= 0.3 is 0 Å². The highest BCUT2D eigenvalue weighted by atomic mass is 16.3. The summed E-state index contributed by atoms with van der Waals surface area (Å²) in [5.74, 6) is 0.698. The lowest BCUT2D eigenvalue weighted by molar-refractivity contribution is -0.117. The van der Waals surface area contributed by atoms with Gasteiger partial charge < -0.3 is 9.32 Å². The van der Waals surface area contributed by atoms with Gasteiger partial charge in [0.15, 0.2) is 0 Å². The molecule has 0 saturated carbocycles. The second-order valence-electron chi connectivity index (χ2n) is 4.34. The maximum Gasteiger partial charge on any atom is 0.233 e. The highest BCUT2D eigenvalue weighted by Crippen LogP contribution is 2.32. The zero-order valence-corrected chi connectivity index (χ0v) is 10.7. The van der Waals surface area contributed by atoms with Gasteiger partial charge in [-0.25, -0.2) is 4.99 Å². The monoisotopic (exact) mass is 254 g/mol. The van der Waals surface area contributed by atoms with Gasteiger partial charge in [0, 0.05) is 6.54 Å². The lowest BCUT2D eigenvalue weighted by atomic mass is 10.2. The third-order valence-corrected chi connectivity index (χ3v) is 3.17. The van der Waals surface area contributed by atoms with Crippen LogP contribution in [0.1, 0.15) is 19.1 Å². The molecule has 4 nitrogen and oxygen atoms in total. The fourth-order valence-corrected chi connectivity index (χ4v) is 2.28. The molecule has 0 aliphatic carbocycles. The first-order valence-corrected chi connectivity index (χ1v) is 6.30. The fraction of sp³-hybridized carbons (Fsp3) is 0.200. The largest absolute Gasteiger partial charge is 0.463 e. The summed E-state index contributed by atoms with van der Waals surface area (Å²) in [6.07, 6.45) is 1.85. The van der Waals surface area contributed by atoms with Gasteiger partial charge in [0.1, 0.15) is 5.76 Å². The number of anilines is 1. The molecule has 1 aliphatic rings. The van der Waals surface area contributed by atoms with Crippen molar-refractivity contribution in [2.75, 3.05) is 11.4 Å². The molecule has 3 rings (SSSR count). The van der Waals surface area contributed by atoms with E-state index in [1.807, 2.05) is 37.3 Å². The predicted octanol–water partition coefficient (Wildman–Crippen LogP) is 3.16.